The lowest BCUT2D eigenvalue weighted by Gasteiger charge is -2.26. The van der Waals surface area contributed by atoms with Crippen molar-refractivity contribution in [1.82, 2.24) is 9.47 Å². The Balaban J connectivity index is 1.67. The summed E-state index contributed by atoms with van der Waals surface area (Å²) in [4.78, 5) is 13.8. The predicted octanol–water partition coefficient (Wildman–Crippen LogP) is 0.871. The fraction of sp³-hybridized carbons (Fsp3) is 0.438. The lowest BCUT2D eigenvalue weighted by atomic mass is 10.2. The minimum absolute atomic E-state index is 0.00139. The maximum absolute atomic E-state index is 11.3. The maximum Gasteiger partial charge on any atom is 0.238 e. The molecule has 2 aromatic rings. The van der Waals surface area contributed by atoms with Gasteiger partial charge in [0.2, 0.25) is 5.91 Å². The lowest BCUT2D eigenvalue weighted by Crippen LogP contribution is -2.38. The van der Waals surface area contributed by atoms with E-state index in [0.717, 1.165) is 50.5 Å². The average molecular weight is 302 g/mol. The molecule has 1 aliphatic rings. The van der Waals surface area contributed by atoms with Gasteiger partial charge in [-0.1, -0.05) is 0 Å². The van der Waals surface area contributed by atoms with Crippen LogP contribution in [0.2, 0.25) is 0 Å². The second-order valence-electron chi connectivity index (χ2n) is 5.49. The summed E-state index contributed by atoms with van der Waals surface area (Å²) >= 11 is 0. The molecule has 6 heteroatoms. The van der Waals surface area contributed by atoms with E-state index in [1.165, 1.54) is 5.52 Å². The average Bonchev–Trinajstić information content (AvgIpc) is 2.96. The smallest absolute Gasteiger partial charge is 0.238 e. The van der Waals surface area contributed by atoms with Crippen LogP contribution in [0.25, 0.3) is 10.9 Å². The van der Waals surface area contributed by atoms with E-state index in [9.17, 15) is 4.79 Å². The number of anilines is 1. The van der Waals surface area contributed by atoms with Crippen molar-refractivity contribution >= 4 is 22.5 Å². The zero-order valence-corrected chi connectivity index (χ0v) is 12.6. The van der Waals surface area contributed by atoms with Crippen molar-refractivity contribution in [3.8, 4) is 0 Å². The van der Waals surface area contributed by atoms with Crippen LogP contribution in [0.5, 0.6) is 0 Å². The standard InChI is InChI=1S/C16H22N4O2/c17-12-16(21)18-14-1-2-15-13(11-14)3-4-20(15)6-5-19-7-9-22-10-8-19/h1-4,11H,5-10,12,17H2,(H,18,21). The van der Waals surface area contributed by atoms with Crippen LogP contribution in [-0.4, -0.2) is 54.8 Å². The molecule has 0 unspecified atom stereocenters. The van der Waals surface area contributed by atoms with Gasteiger partial charge < -0.3 is 20.4 Å². The van der Waals surface area contributed by atoms with Crippen LogP contribution in [0, 0.1) is 0 Å². The van der Waals surface area contributed by atoms with Crippen molar-refractivity contribution in [3.63, 3.8) is 0 Å². The normalized spacial score (nSPS) is 16.0. The first-order chi connectivity index (χ1) is 10.8. The van der Waals surface area contributed by atoms with E-state index in [-0.39, 0.29) is 12.5 Å². The number of hydrogen-bond donors (Lipinski definition) is 2. The summed E-state index contributed by atoms with van der Waals surface area (Å²) in [5.41, 5.74) is 7.28. The number of carbonyl (C=O) groups is 1. The first kappa shape index (κ1) is 15.0. The molecule has 3 rings (SSSR count). The number of benzene rings is 1. The monoisotopic (exact) mass is 302 g/mol. The van der Waals surface area contributed by atoms with Gasteiger partial charge in [0.25, 0.3) is 0 Å². The molecule has 1 aliphatic heterocycles. The van der Waals surface area contributed by atoms with Crippen molar-refractivity contribution in [2.75, 3.05) is 44.7 Å². The van der Waals surface area contributed by atoms with Crippen LogP contribution in [0.3, 0.4) is 0 Å². The van der Waals surface area contributed by atoms with E-state index in [4.69, 9.17) is 10.5 Å². The van der Waals surface area contributed by atoms with Gasteiger partial charge in [-0.2, -0.15) is 0 Å². The third-order valence-corrected chi connectivity index (χ3v) is 4.00. The molecule has 22 heavy (non-hydrogen) atoms. The quantitative estimate of drug-likeness (QED) is 0.859. The molecule has 0 aliphatic carbocycles. The van der Waals surface area contributed by atoms with Gasteiger partial charge in [-0.25, -0.2) is 0 Å². The molecule has 6 nitrogen and oxygen atoms in total. The van der Waals surface area contributed by atoms with Crippen LogP contribution in [0.1, 0.15) is 0 Å². The van der Waals surface area contributed by atoms with Crippen molar-refractivity contribution in [2.45, 2.75) is 6.54 Å². The van der Waals surface area contributed by atoms with E-state index >= 15 is 0 Å². The summed E-state index contributed by atoms with van der Waals surface area (Å²) in [6, 6.07) is 8.02. The Hall–Kier alpha value is -1.89. The fourth-order valence-electron chi connectivity index (χ4n) is 2.76. The van der Waals surface area contributed by atoms with Gasteiger partial charge in [0.05, 0.1) is 19.8 Å². The second kappa shape index (κ2) is 6.91. The largest absolute Gasteiger partial charge is 0.379 e. The van der Waals surface area contributed by atoms with Crippen LogP contribution in [-0.2, 0) is 16.1 Å². The number of nitrogens with one attached hydrogen (secondary N) is 1. The van der Waals surface area contributed by atoms with Gasteiger partial charge in [-0.3, -0.25) is 9.69 Å². The number of aromatic nitrogens is 1. The molecule has 1 amide bonds. The van der Waals surface area contributed by atoms with E-state index < -0.39 is 0 Å². The Morgan fingerprint density at radius 2 is 2.05 bits per heavy atom. The molecule has 3 N–H and O–H groups in total. The zero-order valence-electron chi connectivity index (χ0n) is 12.6. The van der Waals surface area contributed by atoms with E-state index in [1.807, 2.05) is 18.2 Å². The van der Waals surface area contributed by atoms with Crippen LogP contribution < -0.4 is 11.1 Å². The van der Waals surface area contributed by atoms with E-state index in [0.29, 0.717) is 0 Å². The molecular weight excluding hydrogens is 280 g/mol. The molecule has 0 spiro atoms. The summed E-state index contributed by atoms with van der Waals surface area (Å²) in [6.45, 7) is 5.66. The minimum Gasteiger partial charge on any atom is -0.379 e. The van der Waals surface area contributed by atoms with Gasteiger partial charge in [-0.05, 0) is 24.3 Å². The zero-order chi connectivity index (χ0) is 15.4. The lowest BCUT2D eigenvalue weighted by molar-refractivity contribution is -0.114. The third kappa shape index (κ3) is 3.47. The summed E-state index contributed by atoms with van der Waals surface area (Å²) in [5.74, 6) is -0.175. The Bertz CT molecular complexity index is 647. The number of amides is 1. The van der Waals surface area contributed by atoms with Gasteiger partial charge in [0, 0.05) is 49.0 Å². The Labute approximate surface area is 129 Å². The number of nitrogens with zero attached hydrogens (tertiary/aromatic N) is 2. The molecule has 0 saturated carbocycles. The van der Waals surface area contributed by atoms with E-state index in [2.05, 4.69) is 27.0 Å². The van der Waals surface area contributed by atoms with Crippen molar-refractivity contribution in [2.24, 2.45) is 5.73 Å². The van der Waals surface area contributed by atoms with Crippen LogP contribution in [0.15, 0.2) is 30.5 Å². The highest BCUT2D eigenvalue weighted by atomic mass is 16.5. The second-order valence-corrected chi connectivity index (χ2v) is 5.49. The number of morpholine rings is 1. The van der Waals surface area contributed by atoms with Crippen LogP contribution >= 0.6 is 0 Å². The highest BCUT2D eigenvalue weighted by molar-refractivity contribution is 5.94. The predicted molar refractivity (Wildman–Crippen MR) is 86.9 cm³/mol. The number of rotatable bonds is 5. The fourth-order valence-corrected chi connectivity index (χ4v) is 2.76. The third-order valence-electron chi connectivity index (χ3n) is 4.00. The van der Waals surface area contributed by atoms with Crippen molar-refractivity contribution in [1.29, 1.82) is 0 Å². The van der Waals surface area contributed by atoms with Gasteiger partial charge in [0.15, 0.2) is 0 Å². The summed E-state index contributed by atoms with van der Waals surface area (Å²) in [5, 5.41) is 3.90. The highest BCUT2D eigenvalue weighted by Crippen LogP contribution is 2.20. The number of fused-ring (bicyclic) bond motifs is 1. The summed E-state index contributed by atoms with van der Waals surface area (Å²) in [6.07, 6.45) is 2.10. The maximum atomic E-state index is 11.3. The van der Waals surface area contributed by atoms with Crippen molar-refractivity contribution in [3.05, 3.63) is 30.5 Å². The number of ether oxygens (including phenoxy) is 1. The molecule has 1 fully saturated rings. The van der Waals surface area contributed by atoms with Gasteiger partial charge in [0.1, 0.15) is 0 Å². The highest BCUT2D eigenvalue weighted by Gasteiger charge is 2.10. The molecule has 0 radical (unpaired) electrons. The SMILES string of the molecule is NCC(=O)Nc1ccc2c(ccn2CCN2CCOCC2)c1. The number of hydrogen-bond acceptors (Lipinski definition) is 4. The molecule has 0 bridgehead atoms. The Morgan fingerprint density at radius 3 is 2.82 bits per heavy atom. The number of nitrogens with two attached hydrogens (primary N) is 1. The number of carbonyl (C=O) groups excluding carboxylic acids is 1. The summed E-state index contributed by atoms with van der Waals surface area (Å²) < 4.78 is 7.62. The Morgan fingerprint density at radius 1 is 1.23 bits per heavy atom. The first-order valence-electron chi connectivity index (χ1n) is 7.65. The molecule has 1 aromatic carbocycles. The van der Waals surface area contributed by atoms with E-state index in [1.54, 1.807) is 0 Å². The summed E-state index contributed by atoms with van der Waals surface area (Å²) in [7, 11) is 0. The first-order valence-corrected chi connectivity index (χ1v) is 7.65. The molecule has 0 atom stereocenters. The minimum atomic E-state index is -0.175. The van der Waals surface area contributed by atoms with Crippen LogP contribution in [0.4, 0.5) is 5.69 Å². The molecule has 118 valence electrons. The molecule has 2 heterocycles. The topological polar surface area (TPSA) is 72.5 Å². The molecule has 1 aromatic heterocycles. The van der Waals surface area contributed by atoms with Crippen molar-refractivity contribution < 1.29 is 9.53 Å². The van der Waals surface area contributed by atoms with Gasteiger partial charge >= 0.3 is 0 Å². The van der Waals surface area contributed by atoms with Gasteiger partial charge in [-0.15, -0.1) is 0 Å². The molecule has 1 saturated heterocycles. The molecular formula is C16H22N4O2. The Kier molecular flexibility index (Phi) is 4.72.